The maximum absolute atomic E-state index is 14.6. The lowest BCUT2D eigenvalue weighted by molar-refractivity contribution is 0.607. The molecule has 3 aromatic rings. The molecule has 32 heavy (non-hydrogen) atoms. The van der Waals surface area contributed by atoms with Gasteiger partial charge in [0.15, 0.2) is 11.3 Å². The Morgan fingerprint density at radius 1 is 1.34 bits per heavy atom. The smallest absolute Gasteiger partial charge is 0.208 e. The Kier molecular flexibility index (Phi) is 6.81. The van der Waals surface area contributed by atoms with E-state index in [2.05, 4.69) is 27.2 Å². The molecule has 0 aliphatic heterocycles. The monoisotopic (exact) mass is 430 g/mol. The summed E-state index contributed by atoms with van der Waals surface area (Å²) in [7, 11) is 1.56. The number of aromatic nitrogens is 3. The van der Waals surface area contributed by atoms with Gasteiger partial charge in [-0.3, -0.25) is 9.39 Å². The van der Waals surface area contributed by atoms with Crippen LogP contribution >= 0.6 is 0 Å². The Morgan fingerprint density at radius 3 is 2.78 bits per heavy atom. The fourth-order valence-electron chi connectivity index (χ4n) is 3.52. The van der Waals surface area contributed by atoms with Gasteiger partial charge in [0.1, 0.15) is 23.7 Å². The summed E-state index contributed by atoms with van der Waals surface area (Å²) in [5.41, 5.74) is 9.74. The number of nitrogens with two attached hydrogens (primary N) is 1. The SMILES string of the molecule is CCCc1c(C)ccc(F)c1CNc1ncc(C(C=C(N)C#N)=NC)c2nc(C#N)cn12. The van der Waals surface area contributed by atoms with Gasteiger partial charge in [0, 0.05) is 25.4 Å². The lowest BCUT2D eigenvalue weighted by atomic mass is 9.97. The Balaban J connectivity index is 2.06. The molecular formula is C23H23FN8. The molecule has 0 saturated heterocycles. The second kappa shape index (κ2) is 9.71. The first-order valence-corrected chi connectivity index (χ1v) is 10.1. The third kappa shape index (κ3) is 4.42. The van der Waals surface area contributed by atoms with Crippen LogP contribution in [0, 0.1) is 35.4 Å². The molecule has 0 amide bonds. The molecule has 162 valence electrons. The topological polar surface area (TPSA) is 128 Å². The summed E-state index contributed by atoms with van der Waals surface area (Å²) in [4.78, 5) is 13.0. The van der Waals surface area contributed by atoms with Gasteiger partial charge in [0.2, 0.25) is 5.95 Å². The number of nitrogens with one attached hydrogen (secondary N) is 1. The standard InChI is InChI=1S/C23H23FN8/c1-4-5-17-14(2)6-7-20(24)18(17)11-29-23-30-12-19(21(28-3)8-15(27)9-25)22-31-16(10-26)13-32(22)23/h6-8,12-13H,4-5,11,27H2,1-3H3,(H,29,30). The highest BCUT2D eigenvalue weighted by atomic mass is 19.1. The lowest BCUT2D eigenvalue weighted by Gasteiger charge is -2.15. The van der Waals surface area contributed by atoms with E-state index in [0.717, 1.165) is 24.0 Å². The number of nitrogens with zero attached hydrogens (tertiary/aromatic N) is 6. The van der Waals surface area contributed by atoms with E-state index in [1.54, 1.807) is 23.7 Å². The third-order valence-corrected chi connectivity index (χ3v) is 5.08. The second-order valence-corrected chi connectivity index (χ2v) is 7.17. The van der Waals surface area contributed by atoms with Crippen LogP contribution in [-0.4, -0.2) is 27.1 Å². The highest BCUT2D eigenvalue weighted by molar-refractivity contribution is 6.12. The van der Waals surface area contributed by atoms with Crippen LogP contribution in [0.4, 0.5) is 10.3 Å². The van der Waals surface area contributed by atoms with Crippen molar-refractivity contribution < 1.29 is 4.39 Å². The van der Waals surface area contributed by atoms with E-state index in [1.807, 2.05) is 19.1 Å². The minimum atomic E-state index is -0.278. The van der Waals surface area contributed by atoms with Crippen LogP contribution in [0.1, 0.15) is 41.3 Å². The van der Waals surface area contributed by atoms with Crippen LogP contribution in [0.3, 0.4) is 0 Å². The van der Waals surface area contributed by atoms with Crippen LogP contribution in [-0.2, 0) is 13.0 Å². The van der Waals surface area contributed by atoms with Gasteiger partial charge in [0.25, 0.3) is 0 Å². The fourth-order valence-corrected chi connectivity index (χ4v) is 3.52. The molecule has 0 unspecified atom stereocenters. The minimum absolute atomic E-state index is 0.0172. The summed E-state index contributed by atoms with van der Waals surface area (Å²) in [6.07, 6.45) is 6.17. The number of allylic oxidation sites excluding steroid dienone is 2. The second-order valence-electron chi connectivity index (χ2n) is 7.17. The number of aryl methyl sites for hydroxylation is 1. The quantitative estimate of drug-likeness (QED) is 0.437. The average Bonchev–Trinajstić information content (AvgIpc) is 3.24. The lowest BCUT2D eigenvalue weighted by Crippen LogP contribution is -2.13. The van der Waals surface area contributed by atoms with Crippen molar-refractivity contribution in [1.82, 2.24) is 14.4 Å². The van der Waals surface area contributed by atoms with Crippen molar-refractivity contribution >= 4 is 17.3 Å². The van der Waals surface area contributed by atoms with Crippen LogP contribution < -0.4 is 11.1 Å². The first kappa shape index (κ1) is 22.4. The number of anilines is 1. The predicted octanol–water partition coefficient (Wildman–Crippen LogP) is 3.40. The van der Waals surface area contributed by atoms with Gasteiger partial charge < -0.3 is 11.1 Å². The Morgan fingerprint density at radius 2 is 2.12 bits per heavy atom. The summed E-state index contributed by atoms with van der Waals surface area (Å²) in [5.74, 6) is 0.120. The first-order valence-electron chi connectivity index (χ1n) is 10.1. The highest BCUT2D eigenvalue weighted by Gasteiger charge is 2.16. The number of hydrogen-bond acceptors (Lipinski definition) is 7. The zero-order chi connectivity index (χ0) is 23.3. The molecule has 2 aromatic heterocycles. The molecule has 0 bridgehead atoms. The molecule has 0 radical (unpaired) electrons. The van der Waals surface area contributed by atoms with E-state index in [4.69, 9.17) is 11.0 Å². The maximum Gasteiger partial charge on any atom is 0.208 e. The largest absolute Gasteiger partial charge is 0.390 e. The molecule has 0 fully saturated rings. The number of aliphatic imine (C=N–C) groups is 1. The number of halogens is 1. The number of fused-ring (bicyclic) bond motifs is 1. The molecule has 2 heterocycles. The van der Waals surface area contributed by atoms with Crippen molar-refractivity contribution in [2.24, 2.45) is 10.7 Å². The van der Waals surface area contributed by atoms with Crippen molar-refractivity contribution in [3.63, 3.8) is 0 Å². The van der Waals surface area contributed by atoms with Crippen LogP contribution in [0.5, 0.6) is 0 Å². The van der Waals surface area contributed by atoms with E-state index in [1.165, 1.54) is 18.3 Å². The molecule has 0 saturated carbocycles. The molecule has 9 heteroatoms. The zero-order valence-electron chi connectivity index (χ0n) is 18.1. The van der Waals surface area contributed by atoms with Gasteiger partial charge in [-0.05, 0) is 36.6 Å². The van der Waals surface area contributed by atoms with Crippen molar-refractivity contribution in [2.75, 3.05) is 12.4 Å². The van der Waals surface area contributed by atoms with E-state index < -0.39 is 0 Å². The first-order chi connectivity index (χ1) is 15.4. The van der Waals surface area contributed by atoms with E-state index in [0.29, 0.717) is 28.4 Å². The van der Waals surface area contributed by atoms with E-state index >= 15 is 0 Å². The van der Waals surface area contributed by atoms with E-state index in [-0.39, 0.29) is 23.8 Å². The summed E-state index contributed by atoms with van der Waals surface area (Å²) < 4.78 is 16.2. The highest BCUT2D eigenvalue weighted by Crippen LogP contribution is 2.22. The maximum atomic E-state index is 14.6. The number of benzene rings is 1. The van der Waals surface area contributed by atoms with E-state index in [9.17, 15) is 9.65 Å². The molecule has 0 spiro atoms. The molecule has 1 aromatic carbocycles. The number of imidazole rings is 1. The summed E-state index contributed by atoms with van der Waals surface area (Å²) in [6.45, 7) is 4.25. The molecule has 8 nitrogen and oxygen atoms in total. The molecule has 0 aliphatic carbocycles. The summed E-state index contributed by atoms with van der Waals surface area (Å²) >= 11 is 0. The Bertz CT molecular complexity index is 1300. The van der Waals surface area contributed by atoms with Gasteiger partial charge in [-0.15, -0.1) is 0 Å². The van der Waals surface area contributed by atoms with Gasteiger partial charge in [-0.25, -0.2) is 14.4 Å². The van der Waals surface area contributed by atoms with Crippen LogP contribution in [0.2, 0.25) is 0 Å². The number of nitriles is 2. The van der Waals surface area contributed by atoms with Crippen molar-refractivity contribution in [3.05, 3.63) is 70.1 Å². The molecular weight excluding hydrogens is 407 g/mol. The van der Waals surface area contributed by atoms with Crippen molar-refractivity contribution in [3.8, 4) is 12.1 Å². The predicted molar refractivity (Wildman–Crippen MR) is 121 cm³/mol. The van der Waals surface area contributed by atoms with Gasteiger partial charge in [-0.1, -0.05) is 19.4 Å². The number of hydrogen-bond donors (Lipinski definition) is 2. The van der Waals surface area contributed by atoms with Crippen molar-refractivity contribution in [1.29, 1.82) is 10.5 Å². The van der Waals surface area contributed by atoms with Gasteiger partial charge in [-0.2, -0.15) is 10.5 Å². The molecule has 0 aliphatic rings. The van der Waals surface area contributed by atoms with Crippen molar-refractivity contribution in [2.45, 2.75) is 33.2 Å². The van der Waals surface area contributed by atoms with Crippen LogP contribution in [0.15, 0.2) is 41.3 Å². The third-order valence-electron chi connectivity index (χ3n) is 5.08. The number of rotatable bonds is 7. The minimum Gasteiger partial charge on any atom is -0.390 e. The van der Waals surface area contributed by atoms with Gasteiger partial charge >= 0.3 is 0 Å². The Hall–Kier alpha value is -4.24. The van der Waals surface area contributed by atoms with Crippen LogP contribution in [0.25, 0.3) is 5.65 Å². The molecule has 3 N–H and O–H groups in total. The molecule has 0 atom stereocenters. The summed E-state index contributed by atoms with van der Waals surface area (Å²) in [5, 5.41) is 21.5. The zero-order valence-corrected chi connectivity index (χ0v) is 18.1. The summed E-state index contributed by atoms with van der Waals surface area (Å²) in [6, 6.07) is 7.12. The normalized spacial score (nSPS) is 11.9. The van der Waals surface area contributed by atoms with Gasteiger partial charge in [0.05, 0.1) is 17.5 Å². The Labute approximate surface area is 185 Å². The average molecular weight is 430 g/mol. The molecule has 3 rings (SSSR count). The fraction of sp³-hybridized carbons (Fsp3) is 0.261.